The van der Waals surface area contributed by atoms with Crippen LogP contribution in [0, 0.1) is 5.92 Å². The van der Waals surface area contributed by atoms with E-state index in [1.54, 1.807) is 4.90 Å². The first kappa shape index (κ1) is 11.3. The van der Waals surface area contributed by atoms with Crippen LogP contribution in [0.25, 0.3) is 0 Å². The monoisotopic (exact) mass is 203 g/mol. The van der Waals surface area contributed by atoms with Crippen LogP contribution in [0.15, 0.2) is 0 Å². The number of hydrogen-bond acceptors (Lipinski definition) is 4. The zero-order valence-electron chi connectivity index (χ0n) is 8.19. The molecule has 0 radical (unpaired) electrons. The van der Waals surface area contributed by atoms with Gasteiger partial charge in [-0.1, -0.05) is 0 Å². The number of hydrogen-bond donors (Lipinski definition) is 2. The smallest absolute Gasteiger partial charge is 0.409 e. The quantitative estimate of drug-likeness (QED) is 0.667. The van der Waals surface area contributed by atoms with Gasteiger partial charge in [0.25, 0.3) is 0 Å². The van der Waals surface area contributed by atoms with Gasteiger partial charge >= 0.3 is 6.09 Å². The molecule has 0 aromatic rings. The summed E-state index contributed by atoms with van der Waals surface area (Å²) in [6, 6.07) is 0. The molecular formula is C9H17NO4. The average molecular weight is 203 g/mol. The second-order valence-corrected chi connectivity index (χ2v) is 3.47. The van der Waals surface area contributed by atoms with Gasteiger partial charge in [-0.3, -0.25) is 0 Å². The predicted molar refractivity (Wildman–Crippen MR) is 49.8 cm³/mol. The lowest BCUT2D eigenvalue weighted by Gasteiger charge is -2.30. The standard InChI is InChI=1S/C9H17NO4/c11-4-5-14-9(13)10-3-1-2-8(6-10)7-12/h8,11-12H,1-7H2. The second kappa shape index (κ2) is 5.82. The average Bonchev–Trinajstić information content (AvgIpc) is 2.26. The van der Waals surface area contributed by atoms with Crippen LogP contribution in [0.4, 0.5) is 4.79 Å². The molecule has 2 N–H and O–H groups in total. The van der Waals surface area contributed by atoms with Crippen molar-refractivity contribution in [2.45, 2.75) is 12.8 Å². The minimum Gasteiger partial charge on any atom is -0.447 e. The largest absolute Gasteiger partial charge is 0.447 e. The molecule has 1 heterocycles. The summed E-state index contributed by atoms with van der Waals surface area (Å²) in [5, 5.41) is 17.4. The Hall–Kier alpha value is -0.810. The first-order chi connectivity index (χ1) is 6.77. The number of amides is 1. The topological polar surface area (TPSA) is 70.0 Å². The van der Waals surface area contributed by atoms with Gasteiger partial charge in [0.05, 0.1) is 6.61 Å². The van der Waals surface area contributed by atoms with Crippen molar-refractivity contribution in [2.75, 3.05) is 32.9 Å². The molecule has 1 unspecified atom stereocenters. The van der Waals surface area contributed by atoms with E-state index >= 15 is 0 Å². The maximum atomic E-state index is 11.3. The van der Waals surface area contributed by atoms with Crippen LogP contribution in [-0.2, 0) is 4.74 Å². The number of aliphatic hydroxyl groups excluding tert-OH is 2. The molecule has 1 amide bonds. The van der Waals surface area contributed by atoms with E-state index in [0.717, 1.165) is 12.8 Å². The third-order valence-electron chi connectivity index (χ3n) is 2.35. The summed E-state index contributed by atoms with van der Waals surface area (Å²) in [6.07, 6.45) is 1.47. The Balaban J connectivity index is 2.31. The lowest BCUT2D eigenvalue weighted by atomic mass is 10.00. The molecule has 5 nitrogen and oxygen atoms in total. The highest BCUT2D eigenvalue weighted by Crippen LogP contribution is 2.16. The number of carbonyl (C=O) groups excluding carboxylic acids is 1. The van der Waals surface area contributed by atoms with E-state index in [0.29, 0.717) is 13.1 Å². The lowest BCUT2D eigenvalue weighted by molar-refractivity contribution is 0.0618. The summed E-state index contributed by atoms with van der Waals surface area (Å²) < 4.78 is 4.78. The van der Waals surface area contributed by atoms with Crippen molar-refractivity contribution in [1.82, 2.24) is 4.90 Å². The normalized spacial score (nSPS) is 22.1. The highest BCUT2D eigenvalue weighted by Gasteiger charge is 2.23. The van der Waals surface area contributed by atoms with E-state index in [1.807, 2.05) is 0 Å². The number of ether oxygens (including phenoxy) is 1. The zero-order chi connectivity index (χ0) is 10.4. The Labute approximate surface area is 83.3 Å². The number of nitrogens with zero attached hydrogens (tertiary/aromatic N) is 1. The fourth-order valence-corrected chi connectivity index (χ4v) is 1.60. The Bertz CT molecular complexity index is 186. The minimum atomic E-state index is -0.391. The van der Waals surface area contributed by atoms with Crippen molar-refractivity contribution in [3.8, 4) is 0 Å². The summed E-state index contributed by atoms with van der Waals surface area (Å²) in [4.78, 5) is 12.9. The highest BCUT2D eigenvalue weighted by atomic mass is 16.6. The number of likely N-dealkylation sites (tertiary alicyclic amines) is 1. The van der Waals surface area contributed by atoms with E-state index in [2.05, 4.69) is 0 Å². The van der Waals surface area contributed by atoms with E-state index in [1.165, 1.54) is 0 Å². The van der Waals surface area contributed by atoms with Crippen LogP contribution in [0.2, 0.25) is 0 Å². The Kier molecular flexibility index (Phi) is 4.69. The molecule has 1 aliphatic heterocycles. The molecule has 0 spiro atoms. The molecule has 82 valence electrons. The molecule has 1 atom stereocenters. The number of piperidine rings is 1. The molecule has 5 heteroatoms. The van der Waals surface area contributed by atoms with Crippen LogP contribution in [0.1, 0.15) is 12.8 Å². The summed E-state index contributed by atoms with van der Waals surface area (Å²) in [5.41, 5.74) is 0. The van der Waals surface area contributed by atoms with E-state index < -0.39 is 6.09 Å². The van der Waals surface area contributed by atoms with Gasteiger partial charge in [-0.05, 0) is 18.8 Å². The fourth-order valence-electron chi connectivity index (χ4n) is 1.60. The van der Waals surface area contributed by atoms with Crippen molar-refractivity contribution in [3.63, 3.8) is 0 Å². The van der Waals surface area contributed by atoms with Crippen molar-refractivity contribution in [3.05, 3.63) is 0 Å². The first-order valence-corrected chi connectivity index (χ1v) is 4.91. The maximum absolute atomic E-state index is 11.3. The number of aliphatic hydroxyl groups is 2. The molecule has 14 heavy (non-hydrogen) atoms. The van der Waals surface area contributed by atoms with Crippen molar-refractivity contribution in [2.24, 2.45) is 5.92 Å². The molecule has 0 aliphatic carbocycles. The van der Waals surface area contributed by atoms with Gasteiger partial charge < -0.3 is 19.8 Å². The third kappa shape index (κ3) is 3.16. The molecule has 0 aromatic heterocycles. The van der Waals surface area contributed by atoms with Crippen LogP contribution in [0.5, 0.6) is 0 Å². The lowest BCUT2D eigenvalue weighted by Crippen LogP contribution is -2.41. The zero-order valence-corrected chi connectivity index (χ0v) is 8.19. The molecule has 1 fully saturated rings. The van der Waals surface area contributed by atoms with Crippen molar-refractivity contribution >= 4 is 6.09 Å². The highest BCUT2D eigenvalue weighted by molar-refractivity contribution is 5.67. The van der Waals surface area contributed by atoms with E-state index in [9.17, 15) is 4.79 Å². The van der Waals surface area contributed by atoms with Crippen molar-refractivity contribution < 1.29 is 19.7 Å². The molecule has 1 saturated heterocycles. The fraction of sp³-hybridized carbons (Fsp3) is 0.889. The van der Waals surface area contributed by atoms with Crippen LogP contribution in [-0.4, -0.2) is 54.1 Å². The Morgan fingerprint density at radius 1 is 1.50 bits per heavy atom. The Morgan fingerprint density at radius 3 is 2.93 bits per heavy atom. The van der Waals surface area contributed by atoms with Gasteiger partial charge in [0, 0.05) is 19.7 Å². The molecule has 0 aromatic carbocycles. The minimum absolute atomic E-state index is 0.0408. The van der Waals surface area contributed by atoms with Gasteiger partial charge in [0.1, 0.15) is 6.61 Å². The van der Waals surface area contributed by atoms with Crippen LogP contribution >= 0.6 is 0 Å². The molecule has 1 rings (SSSR count). The third-order valence-corrected chi connectivity index (χ3v) is 2.35. The van der Waals surface area contributed by atoms with Gasteiger partial charge in [-0.2, -0.15) is 0 Å². The SMILES string of the molecule is O=C(OCCO)N1CCCC(CO)C1. The van der Waals surface area contributed by atoms with Gasteiger partial charge in [0.2, 0.25) is 0 Å². The van der Waals surface area contributed by atoms with Crippen LogP contribution in [0.3, 0.4) is 0 Å². The van der Waals surface area contributed by atoms with Crippen LogP contribution < -0.4 is 0 Å². The first-order valence-electron chi connectivity index (χ1n) is 4.91. The Morgan fingerprint density at radius 2 is 2.29 bits per heavy atom. The van der Waals surface area contributed by atoms with Gasteiger partial charge in [-0.25, -0.2) is 4.79 Å². The molecule has 1 aliphatic rings. The van der Waals surface area contributed by atoms with Gasteiger partial charge in [0.15, 0.2) is 0 Å². The number of rotatable bonds is 3. The van der Waals surface area contributed by atoms with Gasteiger partial charge in [-0.15, -0.1) is 0 Å². The maximum Gasteiger partial charge on any atom is 0.409 e. The predicted octanol–water partition coefficient (Wildman–Crippen LogP) is -0.180. The van der Waals surface area contributed by atoms with Crippen molar-refractivity contribution in [1.29, 1.82) is 0 Å². The summed E-state index contributed by atoms with van der Waals surface area (Å²) in [7, 11) is 0. The molecular weight excluding hydrogens is 186 g/mol. The van der Waals surface area contributed by atoms with E-state index in [-0.39, 0.29) is 25.7 Å². The summed E-state index contributed by atoms with van der Waals surface area (Å²) in [5.74, 6) is 0.172. The summed E-state index contributed by atoms with van der Waals surface area (Å²) in [6.45, 7) is 1.24. The number of carbonyl (C=O) groups is 1. The summed E-state index contributed by atoms with van der Waals surface area (Å²) >= 11 is 0. The second-order valence-electron chi connectivity index (χ2n) is 3.47. The molecule has 0 saturated carbocycles. The molecule has 0 bridgehead atoms. The van der Waals surface area contributed by atoms with E-state index in [4.69, 9.17) is 14.9 Å².